The Balaban J connectivity index is 1.77. The van der Waals surface area contributed by atoms with E-state index in [1.54, 1.807) is 0 Å². The highest BCUT2D eigenvalue weighted by Gasteiger charge is 2.39. The normalized spacial score (nSPS) is 29.8. The minimum Gasteiger partial charge on any atom is -0.409 e. The maximum Gasteiger partial charge on any atom is 0.170 e. The lowest BCUT2D eigenvalue weighted by atomic mass is 9.97. The highest BCUT2D eigenvalue weighted by molar-refractivity contribution is 5.97. The third-order valence-electron chi connectivity index (χ3n) is 4.96. The van der Waals surface area contributed by atoms with Crippen LogP contribution in [0.3, 0.4) is 0 Å². The largest absolute Gasteiger partial charge is 0.409 e. The van der Waals surface area contributed by atoms with Crippen LogP contribution < -0.4 is 5.73 Å². The Morgan fingerprint density at radius 3 is 2.57 bits per heavy atom. The molecular weight excluding hydrogens is 266 g/mol. The molecule has 2 aliphatic rings. The number of aliphatic hydroxyl groups is 1. The standard InChI is InChI=1S/C16H23N3O2/c1-10-6-11(16(17)18-21)2-3-12(10)9-19-13-4-5-14(19)8-15(20)7-13/h2-3,6,13-15,20-21H,4-5,7-9H2,1H3,(H2,17,18). The second kappa shape index (κ2) is 5.66. The summed E-state index contributed by atoms with van der Waals surface area (Å²) in [4.78, 5) is 2.54. The monoisotopic (exact) mass is 289 g/mol. The molecule has 2 bridgehead atoms. The Bertz CT molecular complexity index is 544. The molecule has 0 amide bonds. The lowest BCUT2D eigenvalue weighted by molar-refractivity contribution is 0.0309. The van der Waals surface area contributed by atoms with Crippen LogP contribution in [0.25, 0.3) is 0 Å². The topological polar surface area (TPSA) is 82.1 Å². The van der Waals surface area contributed by atoms with Crippen LogP contribution in [0.2, 0.25) is 0 Å². The number of hydrogen-bond acceptors (Lipinski definition) is 4. The fourth-order valence-corrected chi connectivity index (χ4v) is 3.79. The second-order valence-corrected chi connectivity index (χ2v) is 6.31. The summed E-state index contributed by atoms with van der Waals surface area (Å²) in [5, 5.41) is 21.7. The number of benzene rings is 1. The molecule has 114 valence electrons. The molecule has 0 aromatic heterocycles. The number of piperidine rings is 1. The van der Waals surface area contributed by atoms with Crippen LogP contribution in [0, 0.1) is 6.92 Å². The van der Waals surface area contributed by atoms with Crippen molar-refractivity contribution in [3.8, 4) is 0 Å². The van der Waals surface area contributed by atoms with Gasteiger partial charge in [-0.1, -0.05) is 17.3 Å². The second-order valence-electron chi connectivity index (χ2n) is 6.31. The number of fused-ring (bicyclic) bond motifs is 2. The Kier molecular flexibility index (Phi) is 3.87. The first-order valence-corrected chi connectivity index (χ1v) is 7.59. The van der Waals surface area contributed by atoms with Crippen LogP contribution in [0.4, 0.5) is 0 Å². The predicted molar refractivity (Wildman–Crippen MR) is 81.3 cm³/mol. The Morgan fingerprint density at radius 1 is 1.33 bits per heavy atom. The van der Waals surface area contributed by atoms with Gasteiger partial charge in [-0.05, 0) is 49.8 Å². The first kappa shape index (κ1) is 14.4. The van der Waals surface area contributed by atoms with Gasteiger partial charge in [0.2, 0.25) is 0 Å². The summed E-state index contributed by atoms with van der Waals surface area (Å²) < 4.78 is 0. The van der Waals surface area contributed by atoms with Crippen molar-refractivity contribution in [2.45, 2.75) is 57.3 Å². The van der Waals surface area contributed by atoms with E-state index in [0.717, 1.165) is 30.5 Å². The zero-order valence-electron chi connectivity index (χ0n) is 12.4. The number of rotatable bonds is 3. The molecule has 3 rings (SSSR count). The average molecular weight is 289 g/mol. The van der Waals surface area contributed by atoms with Crippen molar-refractivity contribution in [3.63, 3.8) is 0 Å². The molecule has 5 nitrogen and oxygen atoms in total. The predicted octanol–water partition coefficient (Wildman–Crippen LogP) is 1.58. The number of amidine groups is 1. The SMILES string of the molecule is Cc1cc(/C(N)=N/O)ccc1CN1C2CCC1CC(O)C2. The van der Waals surface area contributed by atoms with Crippen molar-refractivity contribution >= 4 is 5.84 Å². The minimum absolute atomic E-state index is 0.122. The van der Waals surface area contributed by atoms with Gasteiger partial charge in [-0.2, -0.15) is 0 Å². The first-order chi connectivity index (χ1) is 10.1. The van der Waals surface area contributed by atoms with E-state index in [4.69, 9.17) is 10.9 Å². The number of nitrogens with zero attached hydrogens (tertiary/aromatic N) is 2. The van der Waals surface area contributed by atoms with Crippen molar-refractivity contribution in [1.29, 1.82) is 0 Å². The van der Waals surface area contributed by atoms with Crippen molar-refractivity contribution in [2.75, 3.05) is 0 Å². The van der Waals surface area contributed by atoms with Crippen molar-refractivity contribution in [1.82, 2.24) is 4.90 Å². The maximum atomic E-state index is 9.88. The van der Waals surface area contributed by atoms with E-state index < -0.39 is 0 Å². The molecule has 0 radical (unpaired) electrons. The first-order valence-electron chi connectivity index (χ1n) is 7.59. The summed E-state index contributed by atoms with van der Waals surface area (Å²) >= 11 is 0. The van der Waals surface area contributed by atoms with Gasteiger partial charge < -0.3 is 16.0 Å². The zero-order chi connectivity index (χ0) is 15.0. The molecule has 1 aromatic carbocycles. The highest BCUT2D eigenvalue weighted by atomic mass is 16.4. The van der Waals surface area contributed by atoms with E-state index in [2.05, 4.69) is 23.0 Å². The summed E-state index contributed by atoms with van der Waals surface area (Å²) in [6, 6.07) is 6.96. The van der Waals surface area contributed by atoms with E-state index in [1.807, 2.05) is 12.1 Å². The molecule has 2 saturated heterocycles. The summed E-state index contributed by atoms with van der Waals surface area (Å²) in [5.41, 5.74) is 8.81. The van der Waals surface area contributed by atoms with Crippen LogP contribution in [-0.2, 0) is 6.54 Å². The molecule has 0 spiro atoms. The molecule has 2 atom stereocenters. The van der Waals surface area contributed by atoms with E-state index >= 15 is 0 Å². The van der Waals surface area contributed by atoms with Gasteiger partial charge in [0.25, 0.3) is 0 Å². The van der Waals surface area contributed by atoms with Gasteiger partial charge in [0.1, 0.15) is 0 Å². The van der Waals surface area contributed by atoms with Gasteiger partial charge in [0, 0.05) is 24.2 Å². The van der Waals surface area contributed by atoms with E-state index in [9.17, 15) is 5.11 Å². The van der Waals surface area contributed by atoms with Gasteiger partial charge >= 0.3 is 0 Å². The molecule has 2 aliphatic heterocycles. The van der Waals surface area contributed by atoms with Gasteiger partial charge in [-0.3, -0.25) is 4.90 Å². The number of hydrogen-bond donors (Lipinski definition) is 3. The molecule has 5 heteroatoms. The number of oxime groups is 1. The molecule has 0 saturated carbocycles. The Labute approximate surface area is 125 Å². The number of aliphatic hydroxyl groups excluding tert-OH is 1. The van der Waals surface area contributed by atoms with Crippen LogP contribution in [0.1, 0.15) is 42.4 Å². The summed E-state index contributed by atoms with van der Waals surface area (Å²) in [7, 11) is 0. The molecule has 2 unspecified atom stereocenters. The molecule has 2 heterocycles. The van der Waals surface area contributed by atoms with Crippen molar-refractivity contribution in [2.24, 2.45) is 10.9 Å². The molecule has 21 heavy (non-hydrogen) atoms. The smallest absolute Gasteiger partial charge is 0.170 e. The Morgan fingerprint density at radius 2 is 2.00 bits per heavy atom. The third-order valence-corrected chi connectivity index (χ3v) is 4.96. The lowest BCUT2D eigenvalue weighted by Crippen LogP contribution is -2.44. The number of nitrogens with two attached hydrogens (primary N) is 1. The fourth-order valence-electron chi connectivity index (χ4n) is 3.79. The van der Waals surface area contributed by atoms with Crippen LogP contribution in [0.15, 0.2) is 23.4 Å². The quantitative estimate of drug-likeness (QED) is 0.341. The van der Waals surface area contributed by atoms with Crippen LogP contribution in [-0.4, -0.2) is 39.2 Å². The van der Waals surface area contributed by atoms with E-state index in [1.165, 1.54) is 18.4 Å². The number of aryl methyl sites for hydroxylation is 1. The molecule has 4 N–H and O–H groups in total. The van der Waals surface area contributed by atoms with E-state index in [-0.39, 0.29) is 11.9 Å². The fraction of sp³-hybridized carbons (Fsp3) is 0.562. The zero-order valence-corrected chi connectivity index (χ0v) is 12.4. The van der Waals surface area contributed by atoms with Gasteiger partial charge in [-0.25, -0.2) is 0 Å². The highest BCUT2D eigenvalue weighted by Crippen LogP contribution is 2.37. The maximum absolute atomic E-state index is 9.88. The van der Waals surface area contributed by atoms with Gasteiger partial charge in [0.15, 0.2) is 5.84 Å². The van der Waals surface area contributed by atoms with E-state index in [0.29, 0.717) is 12.1 Å². The third kappa shape index (κ3) is 2.76. The van der Waals surface area contributed by atoms with Gasteiger partial charge in [0.05, 0.1) is 6.10 Å². The summed E-state index contributed by atoms with van der Waals surface area (Å²) in [5.74, 6) is 0.144. The van der Waals surface area contributed by atoms with Crippen LogP contribution in [0.5, 0.6) is 0 Å². The summed E-state index contributed by atoms with van der Waals surface area (Å²) in [6.07, 6.45) is 4.07. The Hall–Kier alpha value is -1.59. The average Bonchev–Trinajstić information content (AvgIpc) is 2.70. The molecular formula is C16H23N3O2. The molecule has 2 fully saturated rings. The van der Waals surface area contributed by atoms with Crippen molar-refractivity contribution < 1.29 is 10.3 Å². The molecule has 1 aromatic rings. The van der Waals surface area contributed by atoms with Crippen LogP contribution >= 0.6 is 0 Å². The molecule has 0 aliphatic carbocycles. The van der Waals surface area contributed by atoms with Gasteiger partial charge in [-0.15, -0.1) is 0 Å². The summed E-state index contributed by atoms with van der Waals surface area (Å²) in [6.45, 7) is 2.98. The minimum atomic E-state index is -0.122. The van der Waals surface area contributed by atoms with Crippen molar-refractivity contribution in [3.05, 3.63) is 34.9 Å². The lowest BCUT2D eigenvalue weighted by Gasteiger charge is -2.37.